The van der Waals surface area contributed by atoms with Gasteiger partial charge in [-0.15, -0.1) is 0 Å². The molecule has 0 unspecified atom stereocenters. The zero-order chi connectivity index (χ0) is 14.4. The first kappa shape index (κ1) is 14.5. The van der Waals surface area contributed by atoms with Gasteiger partial charge in [-0.2, -0.15) is 0 Å². The summed E-state index contributed by atoms with van der Waals surface area (Å²) >= 11 is 0. The third-order valence-corrected chi connectivity index (χ3v) is 2.26. The van der Waals surface area contributed by atoms with Gasteiger partial charge < -0.3 is 14.9 Å². The molecule has 0 aliphatic carbocycles. The summed E-state index contributed by atoms with van der Waals surface area (Å²) in [5.74, 6) is -0.602. The molecule has 1 aromatic heterocycles. The average molecular weight is 261 g/mol. The minimum Gasteiger partial charge on any atom is -0.491 e. The molecule has 19 heavy (non-hydrogen) atoms. The molecule has 0 spiro atoms. The molecule has 1 aromatic carbocycles. The molecule has 0 bridgehead atoms. The number of methoxy groups -OCH3 is 1. The van der Waals surface area contributed by atoms with Gasteiger partial charge in [0, 0.05) is 11.0 Å². The van der Waals surface area contributed by atoms with E-state index in [9.17, 15) is 9.90 Å². The molecule has 2 N–H and O–H groups in total. The number of pyridine rings is 1. The lowest BCUT2D eigenvalue weighted by molar-refractivity contribution is -0.132. The Labute approximate surface area is 110 Å². The van der Waals surface area contributed by atoms with Crippen molar-refractivity contribution in [2.24, 2.45) is 0 Å². The Balaban J connectivity index is 0.000000258. The predicted molar refractivity (Wildman–Crippen MR) is 72.4 cm³/mol. The number of ether oxygens (including phenoxy) is 1. The zero-order valence-electron chi connectivity index (χ0n) is 10.8. The Morgan fingerprint density at radius 2 is 1.95 bits per heavy atom. The summed E-state index contributed by atoms with van der Waals surface area (Å²) in [5.41, 5.74) is 0.941. The second kappa shape index (κ2) is 6.39. The number of aliphatic carboxylic acids is 1. The first-order valence-corrected chi connectivity index (χ1v) is 5.47. The molecule has 0 amide bonds. The second-order valence-electron chi connectivity index (χ2n) is 3.79. The smallest absolute Gasteiger partial charge is 0.330 e. The van der Waals surface area contributed by atoms with E-state index in [1.54, 1.807) is 6.07 Å². The fourth-order valence-electron chi connectivity index (χ4n) is 1.24. The number of rotatable bonds is 2. The number of fused-ring (bicyclic) bond motifs is 1. The van der Waals surface area contributed by atoms with E-state index in [4.69, 9.17) is 9.84 Å². The molecule has 0 aliphatic heterocycles. The van der Waals surface area contributed by atoms with Crippen LogP contribution in [0.3, 0.4) is 0 Å². The molecule has 0 saturated carbocycles. The highest BCUT2D eigenvalue weighted by molar-refractivity contribution is 5.84. The molecular formula is C14H15NO4. The maximum absolute atomic E-state index is 9.60. The van der Waals surface area contributed by atoms with Crippen LogP contribution in [0.4, 0.5) is 0 Å². The Kier molecular flexibility index (Phi) is 4.88. The van der Waals surface area contributed by atoms with E-state index in [2.05, 4.69) is 11.6 Å². The maximum Gasteiger partial charge on any atom is 0.330 e. The number of nitrogens with zero attached hydrogens (tertiary/aromatic N) is 1. The first-order chi connectivity index (χ1) is 8.95. The number of benzene rings is 1. The molecule has 2 rings (SSSR count). The lowest BCUT2D eigenvalue weighted by atomic mass is 10.2. The van der Waals surface area contributed by atoms with Crippen molar-refractivity contribution in [2.45, 2.75) is 6.92 Å². The Morgan fingerprint density at radius 1 is 1.37 bits per heavy atom. The topological polar surface area (TPSA) is 79.7 Å². The lowest BCUT2D eigenvalue weighted by Crippen LogP contribution is -1.92. The van der Waals surface area contributed by atoms with Crippen molar-refractivity contribution in [3.8, 4) is 11.6 Å². The molecule has 100 valence electrons. The van der Waals surface area contributed by atoms with Gasteiger partial charge in [-0.05, 0) is 19.1 Å². The fourth-order valence-corrected chi connectivity index (χ4v) is 1.24. The van der Waals surface area contributed by atoms with Crippen LogP contribution in [0.2, 0.25) is 0 Å². The standard InChI is InChI=1S/C10H9NO2.C4H6O2/c1-13-9-6-7-4-2-3-5-8(7)11-10(9)12;1-3(2)4(5)6/h2-6H,1H3,(H,11,12);1H2,2H3,(H,5,6). The van der Waals surface area contributed by atoms with E-state index < -0.39 is 5.97 Å². The van der Waals surface area contributed by atoms with Gasteiger partial charge in [0.05, 0.1) is 12.6 Å². The van der Waals surface area contributed by atoms with Gasteiger partial charge in [0.15, 0.2) is 5.75 Å². The van der Waals surface area contributed by atoms with E-state index in [0.29, 0.717) is 5.75 Å². The molecule has 1 heterocycles. The van der Waals surface area contributed by atoms with E-state index in [-0.39, 0.29) is 11.5 Å². The molecule has 0 fully saturated rings. The summed E-state index contributed by atoms with van der Waals surface area (Å²) in [6.45, 7) is 4.60. The van der Waals surface area contributed by atoms with Crippen molar-refractivity contribution in [2.75, 3.05) is 7.11 Å². The molecule has 0 aliphatic rings. The van der Waals surface area contributed by atoms with Crippen LogP contribution >= 0.6 is 0 Å². The highest BCUT2D eigenvalue weighted by Gasteiger charge is 2.03. The number of carboxylic acids is 1. The van der Waals surface area contributed by atoms with E-state index in [0.717, 1.165) is 10.9 Å². The lowest BCUT2D eigenvalue weighted by Gasteiger charge is -2.03. The number of para-hydroxylation sites is 1. The van der Waals surface area contributed by atoms with Crippen molar-refractivity contribution < 1.29 is 19.7 Å². The summed E-state index contributed by atoms with van der Waals surface area (Å²) in [6.07, 6.45) is 0. The van der Waals surface area contributed by atoms with Crippen molar-refractivity contribution >= 4 is 16.9 Å². The minimum absolute atomic E-state index is 0.0683. The van der Waals surface area contributed by atoms with Crippen LogP contribution in [0.25, 0.3) is 10.9 Å². The van der Waals surface area contributed by atoms with Gasteiger partial charge in [0.25, 0.3) is 5.88 Å². The molecule has 0 radical (unpaired) electrons. The molecular weight excluding hydrogens is 246 g/mol. The quantitative estimate of drug-likeness (QED) is 0.812. The highest BCUT2D eigenvalue weighted by atomic mass is 16.5. The van der Waals surface area contributed by atoms with Crippen LogP contribution in [-0.4, -0.2) is 28.3 Å². The van der Waals surface area contributed by atoms with Crippen LogP contribution in [0.1, 0.15) is 6.92 Å². The van der Waals surface area contributed by atoms with Gasteiger partial charge in [-0.1, -0.05) is 24.8 Å². The van der Waals surface area contributed by atoms with Crippen LogP contribution in [0, 0.1) is 0 Å². The number of carboxylic acid groups (broad SMARTS) is 1. The average Bonchev–Trinajstić information content (AvgIpc) is 2.38. The molecule has 2 aromatic rings. The summed E-state index contributed by atoms with van der Waals surface area (Å²) in [4.78, 5) is 13.6. The van der Waals surface area contributed by atoms with E-state index >= 15 is 0 Å². The third kappa shape index (κ3) is 3.99. The Morgan fingerprint density at radius 3 is 2.47 bits per heavy atom. The largest absolute Gasteiger partial charge is 0.491 e. The van der Waals surface area contributed by atoms with Crippen LogP contribution in [0.15, 0.2) is 42.5 Å². The highest BCUT2D eigenvalue weighted by Crippen LogP contribution is 2.27. The van der Waals surface area contributed by atoms with Crippen LogP contribution < -0.4 is 4.74 Å². The van der Waals surface area contributed by atoms with Crippen LogP contribution in [-0.2, 0) is 4.79 Å². The number of carbonyl (C=O) groups is 1. The number of aromatic hydroxyl groups is 1. The summed E-state index contributed by atoms with van der Waals surface area (Å²) < 4.78 is 4.94. The molecule has 5 nitrogen and oxygen atoms in total. The Bertz CT molecular complexity index is 595. The minimum atomic E-state index is -0.935. The monoisotopic (exact) mass is 261 g/mol. The maximum atomic E-state index is 9.60. The van der Waals surface area contributed by atoms with Crippen molar-refractivity contribution in [3.63, 3.8) is 0 Å². The fraction of sp³-hybridized carbons (Fsp3) is 0.143. The summed E-state index contributed by atoms with van der Waals surface area (Å²) in [7, 11) is 1.51. The van der Waals surface area contributed by atoms with E-state index in [1.165, 1.54) is 14.0 Å². The van der Waals surface area contributed by atoms with Gasteiger partial charge >= 0.3 is 5.97 Å². The van der Waals surface area contributed by atoms with Crippen molar-refractivity contribution in [3.05, 3.63) is 42.5 Å². The molecule has 0 saturated heterocycles. The van der Waals surface area contributed by atoms with Gasteiger partial charge in [-0.3, -0.25) is 0 Å². The number of hydrogen-bond acceptors (Lipinski definition) is 4. The zero-order valence-corrected chi connectivity index (χ0v) is 10.8. The normalized spacial score (nSPS) is 9.37. The molecule has 0 atom stereocenters. The molecule has 5 heteroatoms. The third-order valence-electron chi connectivity index (χ3n) is 2.26. The predicted octanol–water partition coefficient (Wildman–Crippen LogP) is 2.60. The van der Waals surface area contributed by atoms with Crippen molar-refractivity contribution in [1.29, 1.82) is 0 Å². The summed E-state index contributed by atoms with van der Waals surface area (Å²) in [5, 5.41) is 18.2. The van der Waals surface area contributed by atoms with Crippen molar-refractivity contribution in [1.82, 2.24) is 4.98 Å². The number of hydrogen-bond donors (Lipinski definition) is 2. The second-order valence-corrected chi connectivity index (χ2v) is 3.79. The first-order valence-electron chi connectivity index (χ1n) is 5.47. The Hall–Kier alpha value is -2.56. The SMILES string of the molecule is C=C(C)C(=O)O.COc1cc2ccccc2nc1O. The van der Waals surface area contributed by atoms with Gasteiger partial charge in [0.1, 0.15) is 0 Å². The van der Waals surface area contributed by atoms with Gasteiger partial charge in [0.2, 0.25) is 0 Å². The summed E-state index contributed by atoms with van der Waals surface area (Å²) in [6, 6.07) is 9.32. The van der Waals surface area contributed by atoms with E-state index in [1.807, 2.05) is 24.3 Å². The van der Waals surface area contributed by atoms with Crippen LogP contribution in [0.5, 0.6) is 11.6 Å². The van der Waals surface area contributed by atoms with Gasteiger partial charge in [-0.25, -0.2) is 9.78 Å². The number of aromatic nitrogens is 1.